The van der Waals surface area contributed by atoms with Gasteiger partial charge in [-0.15, -0.1) is 0 Å². The van der Waals surface area contributed by atoms with Gasteiger partial charge in [0.2, 0.25) is 0 Å². The largest absolute Gasteiger partial charge is 0.508 e. The molecule has 0 radical (unpaired) electrons. The number of phenolic OH excluding ortho intramolecular Hbond substituents is 1. The standard InChI is InChI=1S/C14H11NO3/c16-14-9-5-12(6-10-14)2-1-11-3-7-13(8-4-11)15(17)18/h1-10,16H. The summed E-state index contributed by atoms with van der Waals surface area (Å²) in [5.41, 5.74) is 1.91. The highest BCUT2D eigenvalue weighted by molar-refractivity contribution is 5.70. The Balaban J connectivity index is 2.13. The topological polar surface area (TPSA) is 63.4 Å². The zero-order valence-electron chi connectivity index (χ0n) is 9.48. The Morgan fingerprint density at radius 3 is 1.78 bits per heavy atom. The maximum absolute atomic E-state index is 10.5. The van der Waals surface area contributed by atoms with Crippen LogP contribution in [0.1, 0.15) is 11.1 Å². The quantitative estimate of drug-likeness (QED) is 0.508. The number of nitrogens with zero attached hydrogens (tertiary/aromatic N) is 1. The fraction of sp³-hybridized carbons (Fsp3) is 0. The monoisotopic (exact) mass is 241 g/mol. The lowest BCUT2D eigenvalue weighted by atomic mass is 10.1. The molecule has 0 spiro atoms. The second kappa shape index (κ2) is 5.14. The molecule has 0 aliphatic carbocycles. The van der Waals surface area contributed by atoms with Gasteiger partial charge in [-0.05, 0) is 35.4 Å². The molecule has 4 nitrogen and oxygen atoms in total. The van der Waals surface area contributed by atoms with Gasteiger partial charge in [0, 0.05) is 12.1 Å². The van der Waals surface area contributed by atoms with Crippen LogP contribution in [0.3, 0.4) is 0 Å². The second-order valence-corrected chi connectivity index (χ2v) is 3.77. The molecule has 0 aromatic heterocycles. The van der Waals surface area contributed by atoms with Gasteiger partial charge in [0.25, 0.3) is 5.69 Å². The molecule has 0 saturated carbocycles. The molecule has 2 aromatic carbocycles. The van der Waals surface area contributed by atoms with E-state index in [1.165, 1.54) is 12.1 Å². The van der Waals surface area contributed by atoms with Crippen molar-refractivity contribution in [2.45, 2.75) is 0 Å². The van der Waals surface area contributed by atoms with Gasteiger partial charge in [0.15, 0.2) is 0 Å². The van der Waals surface area contributed by atoms with Gasteiger partial charge in [0.05, 0.1) is 4.92 Å². The Bertz CT molecular complexity index is 571. The Labute approximate surface area is 104 Å². The Morgan fingerprint density at radius 1 is 0.889 bits per heavy atom. The van der Waals surface area contributed by atoms with Gasteiger partial charge >= 0.3 is 0 Å². The molecule has 0 aliphatic rings. The first-order valence-corrected chi connectivity index (χ1v) is 5.37. The molecule has 2 aromatic rings. The minimum atomic E-state index is -0.423. The van der Waals surface area contributed by atoms with Crippen LogP contribution in [0.2, 0.25) is 0 Å². The van der Waals surface area contributed by atoms with E-state index >= 15 is 0 Å². The average Bonchev–Trinajstić information content (AvgIpc) is 2.38. The molecule has 90 valence electrons. The molecule has 18 heavy (non-hydrogen) atoms. The lowest BCUT2D eigenvalue weighted by Gasteiger charge is -1.95. The number of nitro groups is 1. The van der Waals surface area contributed by atoms with Crippen LogP contribution < -0.4 is 0 Å². The zero-order chi connectivity index (χ0) is 13.0. The molecular weight excluding hydrogens is 230 g/mol. The SMILES string of the molecule is O=[N+]([O-])c1ccc(C=Cc2ccc(O)cc2)cc1. The van der Waals surface area contributed by atoms with Crippen molar-refractivity contribution < 1.29 is 10.0 Å². The smallest absolute Gasteiger partial charge is 0.269 e. The molecule has 0 saturated heterocycles. The number of phenols is 1. The van der Waals surface area contributed by atoms with Crippen molar-refractivity contribution in [2.75, 3.05) is 0 Å². The lowest BCUT2D eigenvalue weighted by molar-refractivity contribution is -0.384. The predicted molar refractivity (Wildman–Crippen MR) is 70.1 cm³/mol. The number of hydrogen-bond acceptors (Lipinski definition) is 3. The lowest BCUT2D eigenvalue weighted by Crippen LogP contribution is -1.86. The van der Waals surface area contributed by atoms with Crippen molar-refractivity contribution in [3.05, 3.63) is 69.8 Å². The molecule has 0 atom stereocenters. The van der Waals surface area contributed by atoms with Gasteiger partial charge in [0.1, 0.15) is 5.75 Å². The van der Waals surface area contributed by atoms with Crippen LogP contribution in [0.4, 0.5) is 5.69 Å². The minimum absolute atomic E-state index is 0.0804. The van der Waals surface area contributed by atoms with Crippen molar-refractivity contribution in [1.29, 1.82) is 0 Å². The molecule has 0 heterocycles. The summed E-state index contributed by atoms with van der Waals surface area (Å²) >= 11 is 0. The summed E-state index contributed by atoms with van der Waals surface area (Å²) in [6.45, 7) is 0. The molecule has 2 rings (SSSR count). The highest BCUT2D eigenvalue weighted by Crippen LogP contribution is 2.15. The van der Waals surface area contributed by atoms with Gasteiger partial charge in [-0.3, -0.25) is 10.1 Å². The Hall–Kier alpha value is -2.62. The highest BCUT2D eigenvalue weighted by Gasteiger charge is 2.01. The summed E-state index contributed by atoms with van der Waals surface area (Å²) in [5, 5.41) is 19.6. The fourth-order valence-electron chi connectivity index (χ4n) is 1.49. The Kier molecular flexibility index (Phi) is 3.38. The summed E-state index contributed by atoms with van der Waals surface area (Å²) < 4.78 is 0. The molecular formula is C14H11NO3. The van der Waals surface area contributed by atoms with Crippen LogP contribution in [0.5, 0.6) is 5.75 Å². The summed E-state index contributed by atoms with van der Waals surface area (Å²) in [6, 6.07) is 13.1. The number of non-ortho nitro benzene ring substituents is 1. The third-order valence-electron chi connectivity index (χ3n) is 2.47. The third-order valence-corrected chi connectivity index (χ3v) is 2.47. The van der Waals surface area contributed by atoms with Crippen molar-refractivity contribution >= 4 is 17.8 Å². The van der Waals surface area contributed by atoms with Crippen LogP contribution >= 0.6 is 0 Å². The van der Waals surface area contributed by atoms with Crippen molar-refractivity contribution in [3.8, 4) is 5.75 Å². The maximum atomic E-state index is 10.5. The summed E-state index contributed by atoms with van der Waals surface area (Å²) in [5.74, 6) is 0.225. The maximum Gasteiger partial charge on any atom is 0.269 e. The zero-order valence-corrected chi connectivity index (χ0v) is 9.48. The van der Waals surface area contributed by atoms with E-state index in [9.17, 15) is 10.1 Å². The molecule has 0 unspecified atom stereocenters. The third kappa shape index (κ3) is 2.95. The summed E-state index contributed by atoms with van der Waals surface area (Å²) in [7, 11) is 0. The van der Waals surface area contributed by atoms with E-state index in [0.29, 0.717) is 0 Å². The first-order chi connectivity index (χ1) is 8.65. The van der Waals surface area contributed by atoms with E-state index in [-0.39, 0.29) is 11.4 Å². The minimum Gasteiger partial charge on any atom is -0.508 e. The first-order valence-electron chi connectivity index (χ1n) is 5.37. The first kappa shape index (κ1) is 11.9. The number of rotatable bonds is 3. The molecule has 0 amide bonds. The van der Waals surface area contributed by atoms with Gasteiger partial charge in [-0.2, -0.15) is 0 Å². The Morgan fingerprint density at radius 2 is 1.33 bits per heavy atom. The van der Waals surface area contributed by atoms with Gasteiger partial charge in [-0.25, -0.2) is 0 Å². The summed E-state index contributed by atoms with van der Waals surface area (Å²) in [4.78, 5) is 10.1. The number of benzene rings is 2. The van der Waals surface area contributed by atoms with Gasteiger partial charge < -0.3 is 5.11 Å². The summed E-state index contributed by atoms with van der Waals surface area (Å²) in [6.07, 6.45) is 3.73. The van der Waals surface area contributed by atoms with Crippen molar-refractivity contribution in [2.24, 2.45) is 0 Å². The van der Waals surface area contributed by atoms with E-state index in [1.807, 2.05) is 12.2 Å². The van der Waals surface area contributed by atoms with E-state index in [0.717, 1.165) is 11.1 Å². The van der Waals surface area contributed by atoms with Crippen molar-refractivity contribution in [3.63, 3.8) is 0 Å². The molecule has 0 fully saturated rings. The number of hydrogen-bond donors (Lipinski definition) is 1. The molecule has 4 heteroatoms. The van der Waals surface area contributed by atoms with Gasteiger partial charge in [-0.1, -0.05) is 24.3 Å². The van der Waals surface area contributed by atoms with E-state index in [2.05, 4.69) is 0 Å². The predicted octanol–water partition coefficient (Wildman–Crippen LogP) is 3.47. The number of aromatic hydroxyl groups is 1. The van der Waals surface area contributed by atoms with Crippen LogP contribution in [0.25, 0.3) is 12.2 Å². The fourth-order valence-corrected chi connectivity index (χ4v) is 1.49. The number of nitro benzene ring substituents is 1. The van der Waals surface area contributed by atoms with Crippen LogP contribution in [0.15, 0.2) is 48.5 Å². The molecule has 0 bridgehead atoms. The van der Waals surface area contributed by atoms with E-state index in [4.69, 9.17) is 5.11 Å². The second-order valence-electron chi connectivity index (χ2n) is 3.77. The highest BCUT2D eigenvalue weighted by atomic mass is 16.6. The van der Waals surface area contributed by atoms with Crippen LogP contribution in [-0.4, -0.2) is 10.0 Å². The van der Waals surface area contributed by atoms with Crippen molar-refractivity contribution in [1.82, 2.24) is 0 Å². The van der Waals surface area contributed by atoms with Crippen LogP contribution in [0, 0.1) is 10.1 Å². The average molecular weight is 241 g/mol. The molecule has 0 aliphatic heterocycles. The van der Waals surface area contributed by atoms with Crippen LogP contribution in [-0.2, 0) is 0 Å². The molecule has 1 N–H and O–H groups in total. The van der Waals surface area contributed by atoms with E-state index < -0.39 is 4.92 Å². The normalized spacial score (nSPS) is 10.7. The van der Waals surface area contributed by atoms with E-state index in [1.54, 1.807) is 36.4 Å².